The Morgan fingerprint density at radius 2 is 2.12 bits per heavy atom. The number of aromatic nitrogens is 2. The Morgan fingerprint density at radius 1 is 1.33 bits per heavy atom. The zero-order chi connectivity index (χ0) is 16.9. The van der Waals surface area contributed by atoms with Crippen molar-refractivity contribution in [3.63, 3.8) is 0 Å². The van der Waals surface area contributed by atoms with E-state index >= 15 is 0 Å². The van der Waals surface area contributed by atoms with Crippen LogP contribution in [0.4, 0.5) is 5.82 Å². The molecule has 1 aromatic carbocycles. The molecule has 1 aliphatic rings. The molecule has 3 rings (SSSR count). The van der Waals surface area contributed by atoms with Crippen LogP contribution in [0.15, 0.2) is 30.5 Å². The maximum Gasteiger partial charge on any atom is 0.173 e. The molecule has 8 heteroatoms. The highest BCUT2D eigenvalue weighted by molar-refractivity contribution is 7.80. The monoisotopic (exact) mass is 384 g/mol. The predicted octanol–water partition coefficient (Wildman–Crippen LogP) is 3.70. The second-order valence-electron chi connectivity index (χ2n) is 5.62. The summed E-state index contributed by atoms with van der Waals surface area (Å²) in [7, 11) is 0. The van der Waals surface area contributed by atoms with E-state index in [-0.39, 0.29) is 6.10 Å². The number of nitrogens with one attached hydrogen (secondary N) is 2. The van der Waals surface area contributed by atoms with Crippen LogP contribution in [0.5, 0.6) is 0 Å². The first-order valence-corrected chi connectivity index (χ1v) is 8.90. The zero-order valence-electron chi connectivity index (χ0n) is 13.0. The third-order valence-corrected chi connectivity index (χ3v) is 4.50. The van der Waals surface area contributed by atoms with Crippen LogP contribution in [0.2, 0.25) is 10.0 Å². The van der Waals surface area contributed by atoms with E-state index in [2.05, 4.69) is 15.7 Å². The summed E-state index contributed by atoms with van der Waals surface area (Å²) >= 11 is 17.4. The van der Waals surface area contributed by atoms with Gasteiger partial charge in [-0.1, -0.05) is 35.3 Å². The van der Waals surface area contributed by atoms with Crippen molar-refractivity contribution >= 4 is 46.4 Å². The Hall–Kier alpha value is -1.34. The number of rotatable bonds is 5. The Morgan fingerprint density at radius 3 is 2.83 bits per heavy atom. The van der Waals surface area contributed by atoms with Gasteiger partial charge in [-0.2, -0.15) is 5.10 Å². The van der Waals surface area contributed by atoms with Crippen LogP contribution in [0.25, 0.3) is 0 Å². The molecule has 1 fully saturated rings. The highest BCUT2D eigenvalue weighted by atomic mass is 35.5. The van der Waals surface area contributed by atoms with Gasteiger partial charge in [0.15, 0.2) is 10.9 Å². The van der Waals surface area contributed by atoms with Gasteiger partial charge in [-0.3, -0.25) is 4.68 Å². The molecule has 2 aromatic rings. The number of benzene rings is 1. The third kappa shape index (κ3) is 4.83. The molecule has 24 heavy (non-hydrogen) atoms. The van der Waals surface area contributed by atoms with Gasteiger partial charge in [0.1, 0.15) is 5.02 Å². The minimum absolute atomic E-state index is 0.225. The Balaban J connectivity index is 1.55. The molecule has 2 heterocycles. The van der Waals surface area contributed by atoms with Gasteiger partial charge in [-0.15, -0.1) is 0 Å². The summed E-state index contributed by atoms with van der Waals surface area (Å²) < 4.78 is 7.31. The van der Waals surface area contributed by atoms with Crippen molar-refractivity contribution < 1.29 is 4.74 Å². The van der Waals surface area contributed by atoms with Crippen molar-refractivity contribution in [2.24, 2.45) is 0 Å². The van der Waals surface area contributed by atoms with E-state index in [1.165, 1.54) is 0 Å². The van der Waals surface area contributed by atoms with Gasteiger partial charge in [-0.25, -0.2) is 0 Å². The van der Waals surface area contributed by atoms with Crippen molar-refractivity contribution in [1.29, 1.82) is 0 Å². The molecule has 0 amide bonds. The van der Waals surface area contributed by atoms with Gasteiger partial charge in [0.05, 0.1) is 12.6 Å². The molecule has 1 unspecified atom stereocenters. The largest absolute Gasteiger partial charge is 0.376 e. The SMILES string of the molecule is S=C(NCC1CCCO1)Nc1nn(Cc2ccc(Cl)cc2)cc1Cl. The van der Waals surface area contributed by atoms with E-state index in [1.807, 2.05) is 24.3 Å². The fourth-order valence-corrected chi connectivity index (χ4v) is 3.01. The van der Waals surface area contributed by atoms with E-state index in [0.29, 0.717) is 34.1 Å². The van der Waals surface area contributed by atoms with Crippen molar-refractivity contribution in [2.45, 2.75) is 25.5 Å². The van der Waals surface area contributed by atoms with Crippen molar-refractivity contribution in [3.05, 3.63) is 46.1 Å². The third-order valence-electron chi connectivity index (χ3n) is 3.72. The van der Waals surface area contributed by atoms with Gasteiger partial charge in [0.2, 0.25) is 0 Å². The lowest BCUT2D eigenvalue weighted by atomic mass is 10.2. The molecule has 2 N–H and O–H groups in total. The summed E-state index contributed by atoms with van der Waals surface area (Å²) in [6.45, 7) is 2.12. The van der Waals surface area contributed by atoms with Crippen molar-refractivity contribution in [2.75, 3.05) is 18.5 Å². The minimum atomic E-state index is 0.225. The van der Waals surface area contributed by atoms with Crippen LogP contribution in [-0.4, -0.2) is 34.1 Å². The quantitative estimate of drug-likeness (QED) is 0.769. The van der Waals surface area contributed by atoms with Gasteiger partial charge in [-0.05, 0) is 42.8 Å². The lowest BCUT2D eigenvalue weighted by Gasteiger charge is -2.13. The number of anilines is 1. The molecule has 0 spiro atoms. The fraction of sp³-hybridized carbons (Fsp3) is 0.375. The average molecular weight is 385 g/mol. The molecule has 0 radical (unpaired) electrons. The van der Waals surface area contributed by atoms with Crippen LogP contribution in [0, 0.1) is 0 Å². The summed E-state index contributed by atoms with van der Waals surface area (Å²) in [6, 6.07) is 7.62. The highest BCUT2D eigenvalue weighted by Crippen LogP contribution is 2.20. The maximum atomic E-state index is 6.23. The Labute approximate surface area is 156 Å². The van der Waals surface area contributed by atoms with Crippen molar-refractivity contribution in [1.82, 2.24) is 15.1 Å². The number of nitrogens with zero attached hydrogens (tertiary/aromatic N) is 2. The standard InChI is InChI=1S/C16H18Cl2N4OS/c17-12-5-3-11(4-6-12)9-22-10-14(18)15(21-22)20-16(24)19-8-13-2-1-7-23-13/h3-6,10,13H,1-2,7-9H2,(H2,19,20,21,24). The van der Waals surface area contributed by atoms with Gasteiger partial charge < -0.3 is 15.4 Å². The van der Waals surface area contributed by atoms with Crippen LogP contribution in [-0.2, 0) is 11.3 Å². The van der Waals surface area contributed by atoms with E-state index in [0.717, 1.165) is 25.0 Å². The second-order valence-corrected chi connectivity index (χ2v) is 6.87. The fourth-order valence-electron chi connectivity index (χ4n) is 2.50. The lowest BCUT2D eigenvalue weighted by Crippen LogP contribution is -2.35. The number of halogens is 2. The number of thiocarbonyl (C=S) groups is 1. The summed E-state index contributed by atoms with van der Waals surface area (Å²) in [5.41, 5.74) is 1.09. The van der Waals surface area contributed by atoms with E-state index in [9.17, 15) is 0 Å². The topological polar surface area (TPSA) is 51.1 Å². The first-order chi connectivity index (χ1) is 11.6. The molecule has 128 valence electrons. The smallest absolute Gasteiger partial charge is 0.173 e. The van der Waals surface area contributed by atoms with Crippen molar-refractivity contribution in [3.8, 4) is 0 Å². The zero-order valence-corrected chi connectivity index (χ0v) is 15.3. The molecule has 1 atom stereocenters. The first kappa shape index (κ1) is 17.5. The van der Waals surface area contributed by atoms with E-state index in [4.69, 9.17) is 40.2 Å². The Kier molecular flexibility index (Phi) is 5.94. The highest BCUT2D eigenvalue weighted by Gasteiger charge is 2.16. The lowest BCUT2D eigenvalue weighted by molar-refractivity contribution is 0.114. The number of ether oxygens (including phenoxy) is 1. The van der Waals surface area contributed by atoms with E-state index in [1.54, 1.807) is 10.9 Å². The normalized spacial score (nSPS) is 17.0. The molecule has 1 aliphatic heterocycles. The summed E-state index contributed by atoms with van der Waals surface area (Å²) in [4.78, 5) is 0. The summed E-state index contributed by atoms with van der Waals surface area (Å²) in [5.74, 6) is 0.537. The molecule has 1 aromatic heterocycles. The van der Waals surface area contributed by atoms with Gasteiger partial charge in [0, 0.05) is 24.4 Å². The molecule has 0 aliphatic carbocycles. The molecule has 1 saturated heterocycles. The molecule has 0 bridgehead atoms. The van der Waals surface area contributed by atoms with E-state index < -0.39 is 0 Å². The molecular formula is C16H18Cl2N4OS. The Bertz CT molecular complexity index is 699. The minimum Gasteiger partial charge on any atom is -0.376 e. The summed E-state index contributed by atoms with van der Waals surface area (Å²) in [6.07, 6.45) is 4.16. The van der Waals surface area contributed by atoms with Crippen LogP contribution in [0.3, 0.4) is 0 Å². The number of hydrogen-bond acceptors (Lipinski definition) is 3. The molecule has 5 nitrogen and oxygen atoms in total. The first-order valence-electron chi connectivity index (χ1n) is 7.74. The van der Waals surface area contributed by atoms with Gasteiger partial charge in [0.25, 0.3) is 0 Å². The second kappa shape index (κ2) is 8.16. The van der Waals surface area contributed by atoms with Crippen LogP contribution >= 0.6 is 35.4 Å². The molecule has 0 saturated carbocycles. The summed E-state index contributed by atoms with van der Waals surface area (Å²) in [5, 5.41) is 12.3. The van der Waals surface area contributed by atoms with Crippen LogP contribution < -0.4 is 10.6 Å². The average Bonchev–Trinajstić information content (AvgIpc) is 3.18. The molecular weight excluding hydrogens is 367 g/mol. The van der Waals surface area contributed by atoms with Crippen LogP contribution in [0.1, 0.15) is 18.4 Å². The predicted molar refractivity (Wildman–Crippen MR) is 101 cm³/mol. The number of hydrogen-bond donors (Lipinski definition) is 2. The maximum absolute atomic E-state index is 6.23. The van der Waals surface area contributed by atoms with Gasteiger partial charge >= 0.3 is 0 Å².